The zero-order chi connectivity index (χ0) is 19.6. The molecular formula is C20H22N2O4S. The van der Waals surface area contributed by atoms with Gasteiger partial charge in [-0.15, -0.1) is 11.3 Å². The topological polar surface area (TPSA) is 70.3 Å². The molecule has 2 aromatic heterocycles. The summed E-state index contributed by atoms with van der Waals surface area (Å²) < 4.78 is 8.02. The number of fused-ring (bicyclic) bond motifs is 1. The fourth-order valence-corrected chi connectivity index (χ4v) is 3.78. The van der Waals surface area contributed by atoms with Crippen molar-refractivity contribution in [2.45, 2.75) is 33.4 Å². The minimum atomic E-state index is -0.500. The Hall–Kier alpha value is -2.67. The highest BCUT2D eigenvalue weighted by Gasteiger charge is 2.19. The molecule has 0 bridgehead atoms. The molecule has 7 heteroatoms. The first kappa shape index (κ1) is 19.1. The third-order valence-corrected chi connectivity index (χ3v) is 5.81. The predicted molar refractivity (Wildman–Crippen MR) is 106 cm³/mol. The number of esters is 1. The van der Waals surface area contributed by atoms with Crippen molar-refractivity contribution in [1.29, 1.82) is 0 Å². The lowest BCUT2D eigenvalue weighted by molar-refractivity contribution is 0.0478. The van der Waals surface area contributed by atoms with Gasteiger partial charge in [0.25, 0.3) is 5.56 Å². The average molecular weight is 386 g/mol. The molecule has 0 aliphatic rings. The van der Waals surface area contributed by atoms with Gasteiger partial charge in [-0.2, -0.15) is 0 Å². The minimum Gasteiger partial charge on any atom is -0.457 e. The zero-order valence-corrected chi connectivity index (χ0v) is 16.4. The van der Waals surface area contributed by atoms with E-state index in [0.717, 1.165) is 23.3 Å². The average Bonchev–Trinajstić information content (AvgIpc) is 3.14. The number of aryl methyl sites for hydroxylation is 1. The molecule has 142 valence electrons. The van der Waals surface area contributed by atoms with E-state index in [0.29, 0.717) is 21.6 Å². The number of ether oxygens (including phenoxy) is 1. The highest BCUT2D eigenvalue weighted by atomic mass is 32.1. The van der Waals surface area contributed by atoms with Gasteiger partial charge in [0, 0.05) is 13.6 Å². The Morgan fingerprint density at radius 2 is 1.93 bits per heavy atom. The van der Waals surface area contributed by atoms with Gasteiger partial charge in [0.2, 0.25) is 0 Å². The molecule has 0 spiro atoms. The molecular weight excluding hydrogens is 364 g/mol. The molecule has 3 rings (SSSR count). The summed E-state index contributed by atoms with van der Waals surface area (Å²) in [5.41, 5.74) is 0.167. The maximum atomic E-state index is 12.8. The van der Waals surface area contributed by atoms with Crippen LogP contribution in [0, 0.1) is 5.92 Å². The van der Waals surface area contributed by atoms with E-state index < -0.39 is 5.97 Å². The maximum Gasteiger partial charge on any atom is 0.348 e. The van der Waals surface area contributed by atoms with E-state index in [1.165, 1.54) is 15.2 Å². The second-order valence-electron chi connectivity index (χ2n) is 6.66. The highest BCUT2D eigenvalue weighted by Crippen LogP contribution is 2.23. The van der Waals surface area contributed by atoms with E-state index in [9.17, 15) is 14.4 Å². The Labute approximate surface area is 160 Å². The number of hydrogen-bond donors (Lipinski definition) is 0. The lowest BCUT2D eigenvalue weighted by Gasteiger charge is -2.12. The quantitative estimate of drug-likeness (QED) is 0.610. The smallest absolute Gasteiger partial charge is 0.348 e. The Kier molecular flexibility index (Phi) is 5.60. The van der Waals surface area contributed by atoms with Crippen LogP contribution in [0.3, 0.4) is 0 Å². The Bertz CT molecular complexity index is 1080. The van der Waals surface area contributed by atoms with Gasteiger partial charge in [-0.3, -0.25) is 13.9 Å². The summed E-state index contributed by atoms with van der Waals surface area (Å²) >= 11 is 1.10. The first-order chi connectivity index (χ1) is 12.9. The molecule has 1 unspecified atom stereocenters. The van der Waals surface area contributed by atoms with Crippen molar-refractivity contribution in [2.75, 3.05) is 0 Å². The number of carbonyl (C=O) groups excluding carboxylic acids is 1. The third kappa shape index (κ3) is 3.88. The van der Waals surface area contributed by atoms with Crippen LogP contribution < -0.4 is 11.2 Å². The number of aromatic nitrogens is 2. The van der Waals surface area contributed by atoms with Crippen LogP contribution in [-0.4, -0.2) is 15.1 Å². The monoisotopic (exact) mass is 386 g/mol. The molecule has 0 amide bonds. The van der Waals surface area contributed by atoms with Crippen molar-refractivity contribution in [3.8, 4) is 0 Å². The Morgan fingerprint density at radius 1 is 1.22 bits per heavy atom. The molecule has 1 atom stereocenters. The van der Waals surface area contributed by atoms with Crippen LogP contribution in [0.5, 0.6) is 0 Å². The van der Waals surface area contributed by atoms with Crippen LogP contribution in [0.25, 0.3) is 10.2 Å². The van der Waals surface area contributed by atoms with E-state index in [1.807, 2.05) is 44.2 Å². The molecule has 0 N–H and O–H groups in total. The molecule has 2 heterocycles. The third-order valence-electron chi connectivity index (χ3n) is 4.62. The van der Waals surface area contributed by atoms with Gasteiger partial charge in [-0.05, 0) is 17.5 Å². The van der Waals surface area contributed by atoms with Gasteiger partial charge >= 0.3 is 11.7 Å². The van der Waals surface area contributed by atoms with Crippen molar-refractivity contribution in [1.82, 2.24) is 9.13 Å². The number of rotatable bonds is 6. The van der Waals surface area contributed by atoms with Crippen LogP contribution in [-0.2, 0) is 24.9 Å². The first-order valence-electron chi connectivity index (χ1n) is 8.86. The van der Waals surface area contributed by atoms with Gasteiger partial charge in [-0.25, -0.2) is 9.59 Å². The summed E-state index contributed by atoms with van der Waals surface area (Å²) in [4.78, 5) is 38.5. The molecule has 6 nitrogen and oxygen atoms in total. The largest absolute Gasteiger partial charge is 0.457 e. The number of hydrogen-bond acceptors (Lipinski definition) is 5. The molecule has 0 saturated carbocycles. The standard InChI is InChI=1S/C20H22N2O4S/c1-4-13(2)11-22-17(23)15-10-16(27-18(15)21(3)20(22)25)19(24)26-12-14-8-6-5-7-9-14/h5-10,13H,4,11-12H2,1-3H3. The van der Waals surface area contributed by atoms with E-state index in [2.05, 4.69) is 0 Å². The van der Waals surface area contributed by atoms with E-state index in [1.54, 1.807) is 7.05 Å². The summed E-state index contributed by atoms with van der Waals surface area (Å²) in [5.74, 6) is -0.290. The fourth-order valence-electron chi connectivity index (χ4n) is 2.78. The highest BCUT2D eigenvalue weighted by molar-refractivity contribution is 7.20. The van der Waals surface area contributed by atoms with Crippen molar-refractivity contribution in [3.05, 3.63) is 67.7 Å². The van der Waals surface area contributed by atoms with E-state index in [-0.39, 0.29) is 23.8 Å². The lowest BCUT2D eigenvalue weighted by atomic mass is 10.1. The van der Waals surface area contributed by atoms with Crippen LogP contribution in [0.4, 0.5) is 0 Å². The van der Waals surface area contributed by atoms with Gasteiger partial charge in [-0.1, -0.05) is 50.6 Å². The van der Waals surface area contributed by atoms with Gasteiger partial charge < -0.3 is 4.74 Å². The van der Waals surface area contributed by atoms with Crippen molar-refractivity contribution in [2.24, 2.45) is 13.0 Å². The van der Waals surface area contributed by atoms with E-state index in [4.69, 9.17) is 4.74 Å². The van der Waals surface area contributed by atoms with E-state index >= 15 is 0 Å². The zero-order valence-electron chi connectivity index (χ0n) is 15.6. The molecule has 0 saturated heterocycles. The van der Waals surface area contributed by atoms with Crippen molar-refractivity contribution < 1.29 is 9.53 Å². The van der Waals surface area contributed by atoms with Crippen LogP contribution in [0.15, 0.2) is 46.0 Å². The van der Waals surface area contributed by atoms with Crippen molar-refractivity contribution >= 4 is 27.5 Å². The second-order valence-corrected chi connectivity index (χ2v) is 7.69. The summed E-state index contributed by atoms with van der Waals surface area (Å²) in [7, 11) is 1.62. The normalized spacial score (nSPS) is 12.3. The molecule has 3 aromatic rings. The SMILES string of the molecule is CCC(C)Cn1c(=O)c2cc(C(=O)OCc3ccccc3)sc2n(C)c1=O. The number of thiophene rings is 1. The maximum absolute atomic E-state index is 12.8. The lowest BCUT2D eigenvalue weighted by Crippen LogP contribution is -2.39. The van der Waals surface area contributed by atoms with Gasteiger partial charge in [0.15, 0.2) is 0 Å². The summed E-state index contributed by atoms with van der Waals surface area (Å²) in [6.45, 7) is 4.53. The van der Waals surface area contributed by atoms with Crippen LogP contribution in [0.2, 0.25) is 0 Å². The Balaban J connectivity index is 1.93. The minimum absolute atomic E-state index is 0.158. The molecule has 0 radical (unpaired) electrons. The second kappa shape index (κ2) is 7.92. The molecule has 0 aliphatic carbocycles. The first-order valence-corrected chi connectivity index (χ1v) is 9.68. The summed E-state index contributed by atoms with van der Waals surface area (Å²) in [6.07, 6.45) is 0.869. The van der Waals surface area contributed by atoms with Crippen LogP contribution >= 0.6 is 11.3 Å². The molecule has 0 aliphatic heterocycles. The summed E-state index contributed by atoms with van der Waals surface area (Å²) in [5, 5.41) is 0.372. The van der Waals surface area contributed by atoms with Gasteiger partial charge in [0.05, 0.1) is 5.39 Å². The summed E-state index contributed by atoms with van der Waals surface area (Å²) in [6, 6.07) is 10.9. The number of nitrogens with zero attached hydrogens (tertiary/aromatic N) is 2. The predicted octanol–water partition coefficient (Wildman–Crippen LogP) is 3.16. The molecule has 0 fully saturated rings. The molecule has 27 heavy (non-hydrogen) atoms. The Morgan fingerprint density at radius 3 is 2.59 bits per heavy atom. The van der Waals surface area contributed by atoms with Gasteiger partial charge in [0.1, 0.15) is 16.3 Å². The molecule has 1 aromatic carbocycles. The van der Waals surface area contributed by atoms with Crippen molar-refractivity contribution in [3.63, 3.8) is 0 Å². The number of carbonyl (C=O) groups is 1. The van der Waals surface area contributed by atoms with Crippen LogP contribution in [0.1, 0.15) is 35.5 Å². The number of benzene rings is 1. The fraction of sp³-hybridized carbons (Fsp3) is 0.350.